The lowest BCUT2D eigenvalue weighted by molar-refractivity contribution is -0.135. The molecule has 24 heavy (non-hydrogen) atoms. The van der Waals surface area contributed by atoms with Gasteiger partial charge in [0.2, 0.25) is 5.91 Å². The summed E-state index contributed by atoms with van der Waals surface area (Å²) < 4.78 is 19.3. The predicted octanol–water partition coefficient (Wildman–Crippen LogP) is 2.94. The number of hydrogen-bond donors (Lipinski definition) is 0. The van der Waals surface area contributed by atoms with E-state index in [0.717, 1.165) is 31.6 Å². The molecular weight excluding hydrogens is 331 g/mol. The molecule has 132 valence electrons. The van der Waals surface area contributed by atoms with Crippen LogP contribution in [0, 0.1) is 11.2 Å². The van der Waals surface area contributed by atoms with Crippen LogP contribution in [0.5, 0.6) is 0 Å². The summed E-state index contributed by atoms with van der Waals surface area (Å²) in [5.74, 6) is -0.308. The molecule has 2 heterocycles. The monoisotopic (exact) mass is 354 g/mol. The largest absolute Gasteiger partial charge is 0.371 e. The molecule has 6 heteroatoms. The summed E-state index contributed by atoms with van der Waals surface area (Å²) in [6, 6.07) is 5.15. The number of hydrogen-bond acceptors (Lipinski definition) is 3. The number of carbonyl (C=O) groups excluding carboxylic acids is 1. The molecule has 0 radical (unpaired) electrons. The maximum Gasteiger partial charge on any atom is 0.248 e. The number of benzene rings is 1. The first-order valence-corrected chi connectivity index (χ1v) is 8.80. The Morgan fingerprint density at radius 3 is 2.88 bits per heavy atom. The average Bonchev–Trinajstić information content (AvgIpc) is 2.83. The molecule has 1 spiro atoms. The van der Waals surface area contributed by atoms with Gasteiger partial charge < -0.3 is 9.64 Å². The van der Waals surface area contributed by atoms with E-state index in [1.165, 1.54) is 6.07 Å². The minimum atomic E-state index is -0.377. The van der Waals surface area contributed by atoms with Gasteiger partial charge in [0.15, 0.2) is 0 Å². The molecule has 2 saturated heterocycles. The number of nitrogens with zero attached hydrogens (tertiary/aromatic N) is 2. The minimum Gasteiger partial charge on any atom is -0.371 e. The van der Waals surface area contributed by atoms with Crippen molar-refractivity contribution in [2.75, 3.05) is 32.8 Å². The first-order chi connectivity index (χ1) is 11.4. The fourth-order valence-electron chi connectivity index (χ4n) is 3.71. The highest BCUT2D eigenvalue weighted by Crippen LogP contribution is 2.35. The van der Waals surface area contributed by atoms with Gasteiger partial charge in [-0.15, -0.1) is 0 Å². The third-order valence-electron chi connectivity index (χ3n) is 4.99. The van der Waals surface area contributed by atoms with Crippen molar-refractivity contribution in [1.29, 1.82) is 0 Å². The first kappa shape index (κ1) is 17.6. The second-order valence-electron chi connectivity index (χ2n) is 7.32. The lowest BCUT2D eigenvalue weighted by atomic mass is 9.87. The van der Waals surface area contributed by atoms with Crippen LogP contribution in [0.15, 0.2) is 18.2 Å². The van der Waals surface area contributed by atoms with Crippen LogP contribution in [0.3, 0.4) is 0 Å². The van der Waals surface area contributed by atoms with Gasteiger partial charge in [0.1, 0.15) is 12.4 Å². The van der Waals surface area contributed by atoms with Gasteiger partial charge in [-0.1, -0.05) is 17.7 Å². The zero-order chi connectivity index (χ0) is 17.3. The van der Waals surface area contributed by atoms with Crippen LogP contribution in [-0.4, -0.2) is 54.6 Å². The number of rotatable bonds is 3. The third kappa shape index (κ3) is 3.73. The molecule has 4 nitrogen and oxygen atoms in total. The van der Waals surface area contributed by atoms with Gasteiger partial charge in [-0.2, -0.15) is 0 Å². The Kier molecular flexibility index (Phi) is 5.13. The van der Waals surface area contributed by atoms with E-state index >= 15 is 0 Å². The second kappa shape index (κ2) is 6.98. The summed E-state index contributed by atoms with van der Waals surface area (Å²) in [6.45, 7) is 8.05. The average molecular weight is 355 g/mol. The molecule has 0 aliphatic carbocycles. The van der Waals surface area contributed by atoms with Gasteiger partial charge in [0.25, 0.3) is 0 Å². The topological polar surface area (TPSA) is 32.8 Å². The van der Waals surface area contributed by atoms with Crippen molar-refractivity contribution in [1.82, 2.24) is 9.80 Å². The van der Waals surface area contributed by atoms with Gasteiger partial charge in [-0.3, -0.25) is 9.69 Å². The summed E-state index contributed by atoms with van der Waals surface area (Å²) in [4.78, 5) is 16.4. The molecule has 2 aliphatic rings. The van der Waals surface area contributed by atoms with Gasteiger partial charge in [0, 0.05) is 31.1 Å². The van der Waals surface area contributed by atoms with E-state index in [0.29, 0.717) is 13.2 Å². The zero-order valence-electron chi connectivity index (χ0n) is 14.2. The summed E-state index contributed by atoms with van der Waals surface area (Å²) in [6.07, 6.45) is 0.986. The summed E-state index contributed by atoms with van der Waals surface area (Å²) in [5.41, 5.74) is 0.891. The number of halogens is 2. The van der Waals surface area contributed by atoms with Crippen LogP contribution in [-0.2, 0) is 16.1 Å². The molecule has 2 aliphatic heterocycles. The fourth-order valence-corrected chi connectivity index (χ4v) is 3.83. The molecule has 1 aromatic rings. The van der Waals surface area contributed by atoms with Gasteiger partial charge in [-0.05, 0) is 44.5 Å². The van der Waals surface area contributed by atoms with Crippen molar-refractivity contribution in [2.45, 2.75) is 32.9 Å². The minimum absolute atomic E-state index is 0.0264. The van der Waals surface area contributed by atoms with Crippen LogP contribution in [0.2, 0.25) is 5.02 Å². The van der Waals surface area contributed by atoms with Crippen molar-refractivity contribution >= 4 is 17.5 Å². The van der Waals surface area contributed by atoms with E-state index < -0.39 is 0 Å². The Bertz CT molecular complexity index is 625. The number of likely N-dealkylation sites (tertiary alicyclic amines) is 1. The van der Waals surface area contributed by atoms with E-state index in [-0.39, 0.29) is 34.8 Å². The lowest BCUT2D eigenvalue weighted by Crippen LogP contribution is -2.45. The summed E-state index contributed by atoms with van der Waals surface area (Å²) in [5, 5.41) is 0.153. The van der Waals surface area contributed by atoms with E-state index in [9.17, 15) is 9.18 Å². The van der Waals surface area contributed by atoms with Gasteiger partial charge in [-0.25, -0.2) is 4.39 Å². The van der Waals surface area contributed by atoms with Crippen LogP contribution in [0.25, 0.3) is 0 Å². The molecule has 3 rings (SSSR count). The fraction of sp³-hybridized carbons (Fsp3) is 0.611. The van der Waals surface area contributed by atoms with E-state index in [4.69, 9.17) is 16.3 Å². The molecule has 1 amide bonds. The normalized spacial score (nSPS) is 25.7. The van der Waals surface area contributed by atoms with Crippen molar-refractivity contribution in [3.63, 3.8) is 0 Å². The van der Waals surface area contributed by atoms with Crippen molar-refractivity contribution in [2.24, 2.45) is 5.41 Å². The molecule has 1 atom stereocenters. The molecule has 0 aromatic heterocycles. The first-order valence-electron chi connectivity index (χ1n) is 8.42. The Morgan fingerprint density at radius 1 is 1.38 bits per heavy atom. The molecule has 1 unspecified atom stereocenters. The molecule has 1 aromatic carbocycles. The quantitative estimate of drug-likeness (QED) is 0.836. The Hall–Kier alpha value is -1.17. The highest BCUT2D eigenvalue weighted by Gasteiger charge is 2.43. The van der Waals surface area contributed by atoms with Crippen LogP contribution in [0.4, 0.5) is 4.39 Å². The zero-order valence-corrected chi connectivity index (χ0v) is 15.0. The lowest BCUT2D eigenvalue weighted by Gasteiger charge is -2.34. The number of carbonyl (C=O) groups is 1. The van der Waals surface area contributed by atoms with E-state index in [1.807, 2.05) is 24.8 Å². The third-order valence-corrected chi connectivity index (χ3v) is 5.30. The summed E-state index contributed by atoms with van der Waals surface area (Å²) in [7, 11) is 0. The highest BCUT2D eigenvalue weighted by atomic mass is 35.5. The van der Waals surface area contributed by atoms with Gasteiger partial charge in [0.05, 0.1) is 11.6 Å². The van der Waals surface area contributed by atoms with Crippen molar-refractivity contribution in [3.05, 3.63) is 34.6 Å². The second-order valence-corrected chi connectivity index (χ2v) is 7.72. The Labute approximate surface area is 147 Å². The molecule has 0 N–H and O–H groups in total. The predicted molar refractivity (Wildman–Crippen MR) is 91.4 cm³/mol. The summed E-state index contributed by atoms with van der Waals surface area (Å²) >= 11 is 5.75. The maximum absolute atomic E-state index is 13.6. The number of amides is 1. The smallest absolute Gasteiger partial charge is 0.248 e. The van der Waals surface area contributed by atoms with Crippen LogP contribution >= 0.6 is 11.6 Å². The Balaban J connectivity index is 1.69. The van der Waals surface area contributed by atoms with Crippen LogP contribution in [0.1, 0.15) is 25.8 Å². The van der Waals surface area contributed by atoms with Crippen LogP contribution < -0.4 is 0 Å². The van der Waals surface area contributed by atoms with Gasteiger partial charge >= 0.3 is 0 Å². The molecule has 0 bridgehead atoms. The van der Waals surface area contributed by atoms with E-state index in [2.05, 4.69) is 4.90 Å². The molecule has 2 fully saturated rings. The van der Waals surface area contributed by atoms with Crippen molar-refractivity contribution < 1.29 is 13.9 Å². The SMILES string of the molecule is CC(C)N1CC2(CCN(Cc3ccc(Cl)c(F)c3)C2)COCC1=O. The van der Waals surface area contributed by atoms with E-state index in [1.54, 1.807) is 6.07 Å². The Morgan fingerprint density at radius 2 is 2.17 bits per heavy atom. The number of ether oxygens (including phenoxy) is 1. The van der Waals surface area contributed by atoms with Crippen molar-refractivity contribution in [3.8, 4) is 0 Å². The molecule has 0 saturated carbocycles. The standard InChI is InChI=1S/C18H24ClFN2O2/c1-13(2)22-11-18(12-24-9-17(22)23)5-6-21(10-18)8-14-3-4-15(19)16(20)7-14/h3-4,7,13H,5-6,8-12H2,1-2H3. The molecular formula is C18H24ClFN2O2. The maximum atomic E-state index is 13.6. The highest BCUT2D eigenvalue weighted by molar-refractivity contribution is 6.30.